The third kappa shape index (κ3) is 3.35. The summed E-state index contributed by atoms with van der Waals surface area (Å²) in [5.74, 6) is 0.651. The Morgan fingerprint density at radius 2 is 1.84 bits per heavy atom. The van der Waals surface area contributed by atoms with E-state index in [1.54, 1.807) is 0 Å². The molecule has 0 aromatic rings. The predicted octanol–water partition coefficient (Wildman–Crippen LogP) is 1.63. The van der Waals surface area contributed by atoms with Crippen LogP contribution in [0.15, 0.2) is 0 Å². The lowest BCUT2D eigenvalue weighted by molar-refractivity contribution is -0.128. The number of rotatable bonds is 5. The molecule has 0 spiro atoms. The molecule has 2 bridgehead atoms. The van der Waals surface area contributed by atoms with Crippen molar-refractivity contribution in [2.24, 2.45) is 0 Å². The molecule has 2 saturated heterocycles. The van der Waals surface area contributed by atoms with Crippen molar-refractivity contribution in [2.45, 2.75) is 75.9 Å². The first kappa shape index (κ1) is 13.1. The topological polar surface area (TPSA) is 49.4 Å². The van der Waals surface area contributed by atoms with Gasteiger partial charge in [-0.3, -0.25) is 14.5 Å². The Morgan fingerprint density at radius 1 is 1.16 bits per heavy atom. The van der Waals surface area contributed by atoms with Crippen molar-refractivity contribution in [3.63, 3.8) is 0 Å². The summed E-state index contributed by atoms with van der Waals surface area (Å²) in [4.78, 5) is 25.8. The summed E-state index contributed by atoms with van der Waals surface area (Å²) in [5, 5.41) is 3.04. The minimum Gasteiger partial charge on any atom is -0.353 e. The van der Waals surface area contributed by atoms with Crippen molar-refractivity contribution in [3.05, 3.63) is 0 Å². The van der Waals surface area contributed by atoms with Gasteiger partial charge in [0.1, 0.15) is 5.78 Å². The molecular weight excluding hydrogens is 240 g/mol. The van der Waals surface area contributed by atoms with E-state index in [2.05, 4.69) is 10.2 Å². The largest absolute Gasteiger partial charge is 0.353 e. The summed E-state index contributed by atoms with van der Waals surface area (Å²) >= 11 is 0. The number of carbonyl (C=O) groups excluding carboxylic acids is 2. The van der Waals surface area contributed by atoms with Crippen LogP contribution in [0.5, 0.6) is 0 Å². The molecule has 1 amide bonds. The van der Waals surface area contributed by atoms with Gasteiger partial charge < -0.3 is 5.32 Å². The molecule has 0 aromatic heterocycles. The lowest BCUT2D eigenvalue weighted by Crippen LogP contribution is -2.52. The maximum absolute atomic E-state index is 11.7. The number of nitrogens with zero attached hydrogens (tertiary/aromatic N) is 1. The van der Waals surface area contributed by atoms with E-state index < -0.39 is 0 Å². The van der Waals surface area contributed by atoms with Crippen LogP contribution in [0.1, 0.15) is 57.8 Å². The Bertz CT molecular complexity index is 349. The Balaban J connectivity index is 1.43. The van der Waals surface area contributed by atoms with Crippen molar-refractivity contribution in [1.82, 2.24) is 10.2 Å². The van der Waals surface area contributed by atoms with Gasteiger partial charge in [0.2, 0.25) is 5.91 Å². The molecule has 0 aromatic carbocycles. The first-order valence-corrected chi connectivity index (χ1v) is 7.79. The maximum atomic E-state index is 11.7. The van der Waals surface area contributed by atoms with Crippen LogP contribution in [-0.4, -0.2) is 41.3 Å². The minimum absolute atomic E-state index is 0.209. The highest BCUT2D eigenvalue weighted by atomic mass is 16.1. The molecule has 1 aliphatic carbocycles. The van der Waals surface area contributed by atoms with Gasteiger partial charge in [-0.15, -0.1) is 0 Å². The van der Waals surface area contributed by atoms with Gasteiger partial charge in [-0.25, -0.2) is 0 Å². The number of piperidine rings is 2. The highest BCUT2D eigenvalue weighted by Gasteiger charge is 2.36. The molecular formula is C15H24N2O2. The number of nitrogens with one attached hydrogen (secondary N) is 1. The van der Waals surface area contributed by atoms with Crippen LogP contribution < -0.4 is 5.32 Å². The number of Topliss-reactive ketones (excluding diaryl/α,β-unsaturated/α-hetero) is 1. The molecule has 2 aliphatic heterocycles. The number of hydrogen-bond acceptors (Lipinski definition) is 3. The lowest BCUT2D eigenvalue weighted by Gasteiger charge is -2.45. The lowest BCUT2D eigenvalue weighted by atomic mass is 9.83. The summed E-state index contributed by atoms with van der Waals surface area (Å²) in [5.41, 5.74) is 0. The molecule has 1 N–H and O–H groups in total. The number of carbonyl (C=O) groups is 2. The average molecular weight is 264 g/mol. The van der Waals surface area contributed by atoms with Gasteiger partial charge in [-0.2, -0.15) is 0 Å². The molecule has 106 valence electrons. The molecule has 2 atom stereocenters. The molecule has 0 radical (unpaired) electrons. The fourth-order valence-corrected chi connectivity index (χ4v) is 3.58. The van der Waals surface area contributed by atoms with Crippen molar-refractivity contribution >= 4 is 11.7 Å². The summed E-state index contributed by atoms with van der Waals surface area (Å²) in [6, 6.07) is 1.40. The first-order chi connectivity index (χ1) is 9.22. The van der Waals surface area contributed by atoms with E-state index in [1.807, 2.05) is 0 Å². The molecule has 3 aliphatic rings. The van der Waals surface area contributed by atoms with Gasteiger partial charge in [-0.05, 0) is 38.6 Å². The Labute approximate surface area is 114 Å². The SMILES string of the molecule is O=C1CC2CCCC(C1)N2CCCC(=O)NC1CC1. The van der Waals surface area contributed by atoms with E-state index in [-0.39, 0.29) is 5.91 Å². The monoisotopic (exact) mass is 264 g/mol. The van der Waals surface area contributed by atoms with Crippen LogP contribution in [-0.2, 0) is 9.59 Å². The number of amides is 1. The number of fused-ring (bicyclic) bond motifs is 2. The van der Waals surface area contributed by atoms with Crippen molar-refractivity contribution < 1.29 is 9.59 Å². The van der Waals surface area contributed by atoms with Crippen LogP contribution in [0.2, 0.25) is 0 Å². The van der Waals surface area contributed by atoms with Gasteiger partial charge in [-0.1, -0.05) is 6.42 Å². The summed E-state index contributed by atoms with van der Waals surface area (Å²) in [6.45, 7) is 0.987. The molecule has 19 heavy (non-hydrogen) atoms. The molecule has 2 unspecified atom stereocenters. The Hall–Kier alpha value is -0.900. The number of hydrogen-bond donors (Lipinski definition) is 1. The maximum Gasteiger partial charge on any atom is 0.220 e. The van der Waals surface area contributed by atoms with Gasteiger partial charge in [0.15, 0.2) is 0 Å². The van der Waals surface area contributed by atoms with E-state index in [0.717, 1.165) is 51.5 Å². The zero-order chi connectivity index (χ0) is 13.2. The third-order valence-electron chi connectivity index (χ3n) is 4.70. The quantitative estimate of drug-likeness (QED) is 0.821. The van der Waals surface area contributed by atoms with Crippen LogP contribution in [0.3, 0.4) is 0 Å². The summed E-state index contributed by atoms with van der Waals surface area (Å²) in [6.07, 6.45) is 8.96. The first-order valence-electron chi connectivity index (χ1n) is 7.79. The minimum atomic E-state index is 0.209. The summed E-state index contributed by atoms with van der Waals surface area (Å²) in [7, 11) is 0. The second-order valence-electron chi connectivity index (χ2n) is 6.37. The van der Waals surface area contributed by atoms with Crippen molar-refractivity contribution in [3.8, 4) is 0 Å². The highest BCUT2D eigenvalue weighted by molar-refractivity contribution is 5.80. The predicted molar refractivity (Wildman–Crippen MR) is 72.8 cm³/mol. The molecule has 1 saturated carbocycles. The van der Waals surface area contributed by atoms with E-state index in [1.165, 1.54) is 6.42 Å². The Morgan fingerprint density at radius 3 is 2.47 bits per heavy atom. The van der Waals surface area contributed by atoms with E-state index in [4.69, 9.17) is 0 Å². The Kier molecular flexibility index (Phi) is 3.87. The molecule has 3 rings (SSSR count). The zero-order valence-corrected chi connectivity index (χ0v) is 11.6. The third-order valence-corrected chi connectivity index (χ3v) is 4.70. The van der Waals surface area contributed by atoms with Gasteiger partial charge in [0.05, 0.1) is 0 Å². The molecule has 4 nitrogen and oxygen atoms in total. The summed E-state index contributed by atoms with van der Waals surface area (Å²) < 4.78 is 0. The standard InChI is InChI=1S/C15H24N2O2/c18-14-9-12-3-1-4-13(10-14)17(12)8-2-5-15(19)16-11-6-7-11/h11-13H,1-10H2,(H,16,19). The van der Waals surface area contributed by atoms with Crippen LogP contribution in [0.4, 0.5) is 0 Å². The molecule has 2 heterocycles. The fourth-order valence-electron chi connectivity index (χ4n) is 3.58. The molecule has 4 heteroatoms. The van der Waals surface area contributed by atoms with Crippen molar-refractivity contribution in [1.29, 1.82) is 0 Å². The van der Waals surface area contributed by atoms with Gasteiger partial charge in [0.25, 0.3) is 0 Å². The van der Waals surface area contributed by atoms with Gasteiger partial charge in [0, 0.05) is 37.4 Å². The van der Waals surface area contributed by atoms with Crippen LogP contribution >= 0.6 is 0 Å². The number of ketones is 1. The van der Waals surface area contributed by atoms with Gasteiger partial charge >= 0.3 is 0 Å². The highest BCUT2D eigenvalue weighted by Crippen LogP contribution is 2.32. The van der Waals surface area contributed by atoms with Crippen molar-refractivity contribution in [2.75, 3.05) is 6.54 Å². The normalized spacial score (nSPS) is 31.3. The van der Waals surface area contributed by atoms with Crippen LogP contribution in [0, 0.1) is 0 Å². The zero-order valence-electron chi connectivity index (χ0n) is 11.6. The second kappa shape index (κ2) is 5.61. The van der Waals surface area contributed by atoms with E-state index >= 15 is 0 Å². The fraction of sp³-hybridized carbons (Fsp3) is 0.867. The van der Waals surface area contributed by atoms with E-state index in [9.17, 15) is 9.59 Å². The van der Waals surface area contributed by atoms with E-state index in [0.29, 0.717) is 30.3 Å². The second-order valence-corrected chi connectivity index (χ2v) is 6.37. The average Bonchev–Trinajstić information content (AvgIpc) is 3.13. The molecule has 3 fully saturated rings. The van der Waals surface area contributed by atoms with Crippen LogP contribution in [0.25, 0.3) is 0 Å². The smallest absolute Gasteiger partial charge is 0.220 e.